The highest BCUT2D eigenvalue weighted by Gasteiger charge is 2.18. The predicted octanol–water partition coefficient (Wildman–Crippen LogP) is 3.92. The number of amides is 1. The minimum atomic E-state index is -3.67. The highest BCUT2D eigenvalue weighted by atomic mass is 32.2. The van der Waals surface area contributed by atoms with Gasteiger partial charge in [0.05, 0.1) is 10.5 Å². The molecule has 0 heterocycles. The molecular formula is C25H34N2O5S. The molecule has 0 saturated heterocycles. The standard InChI is InChI=1S/C25H34N2O5S/c1-6-7-18(2)27-23(28)17-32-24(29)20-10-8-19(9-11-20)16-26-33(30,31)22-14-12-21(13-15-22)25(3,4)5/h8-15,18,26H,6-7,16-17H2,1-5H3,(H,27,28). The average Bonchev–Trinajstić information content (AvgIpc) is 2.76. The van der Waals surface area contributed by atoms with E-state index < -0.39 is 16.0 Å². The van der Waals surface area contributed by atoms with Gasteiger partial charge < -0.3 is 10.1 Å². The van der Waals surface area contributed by atoms with Crippen molar-refractivity contribution in [2.45, 2.75) is 70.4 Å². The van der Waals surface area contributed by atoms with Crippen LogP contribution in [0.25, 0.3) is 0 Å². The van der Waals surface area contributed by atoms with Crippen molar-refractivity contribution < 1.29 is 22.7 Å². The highest BCUT2D eigenvalue weighted by Crippen LogP contribution is 2.23. The Morgan fingerprint density at radius 2 is 1.61 bits per heavy atom. The van der Waals surface area contributed by atoms with Crippen molar-refractivity contribution in [2.24, 2.45) is 0 Å². The minimum absolute atomic E-state index is 0.0284. The van der Waals surface area contributed by atoms with Crippen LogP contribution in [0.1, 0.15) is 68.9 Å². The first-order chi connectivity index (χ1) is 15.4. The molecule has 0 spiro atoms. The van der Waals surface area contributed by atoms with Crippen LogP contribution in [0.5, 0.6) is 0 Å². The lowest BCUT2D eigenvalue weighted by Gasteiger charge is -2.19. The molecule has 0 aliphatic rings. The molecule has 1 unspecified atom stereocenters. The van der Waals surface area contributed by atoms with Crippen LogP contribution >= 0.6 is 0 Å². The van der Waals surface area contributed by atoms with E-state index in [4.69, 9.17) is 4.74 Å². The summed E-state index contributed by atoms with van der Waals surface area (Å²) in [6, 6.07) is 13.2. The fourth-order valence-corrected chi connectivity index (χ4v) is 4.21. The molecule has 2 N–H and O–H groups in total. The number of esters is 1. The smallest absolute Gasteiger partial charge is 0.338 e. The Morgan fingerprint density at radius 1 is 1.00 bits per heavy atom. The zero-order valence-electron chi connectivity index (χ0n) is 20.0. The molecule has 0 aliphatic carbocycles. The first-order valence-corrected chi connectivity index (χ1v) is 12.6. The largest absolute Gasteiger partial charge is 0.452 e. The number of hydrogen-bond donors (Lipinski definition) is 2. The van der Waals surface area contributed by atoms with E-state index in [2.05, 4.69) is 30.8 Å². The molecule has 180 valence electrons. The van der Waals surface area contributed by atoms with Crippen LogP contribution in [0.4, 0.5) is 0 Å². The Bertz CT molecular complexity index is 1040. The van der Waals surface area contributed by atoms with E-state index in [0.29, 0.717) is 5.56 Å². The number of carbonyl (C=O) groups excluding carboxylic acids is 2. The maximum Gasteiger partial charge on any atom is 0.338 e. The summed E-state index contributed by atoms with van der Waals surface area (Å²) < 4.78 is 32.8. The molecule has 1 atom stereocenters. The van der Waals surface area contributed by atoms with E-state index in [1.54, 1.807) is 36.4 Å². The van der Waals surface area contributed by atoms with Gasteiger partial charge in [-0.05, 0) is 54.2 Å². The van der Waals surface area contributed by atoms with E-state index in [0.717, 1.165) is 18.4 Å². The number of rotatable bonds is 10. The van der Waals surface area contributed by atoms with E-state index in [-0.39, 0.29) is 41.0 Å². The minimum Gasteiger partial charge on any atom is -0.452 e. The van der Waals surface area contributed by atoms with Gasteiger partial charge in [-0.1, -0.05) is 58.4 Å². The summed E-state index contributed by atoms with van der Waals surface area (Å²) in [5.41, 5.74) is 1.97. The quantitative estimate of drug-likeness (QED) is 0.508. The van der Waals surface area contributed by atoms with Crippen molar-refractivity contribution >= 4 is 21.9 Å². The summed E-state index contributed by atoms with van der Waals surface area (Å²) in [5.74, 6) is -0.953. The Kier molecular flexibility index (Phi) is 9.19. The summed E-state index contributed by atoms with van der Waals surface area (Å²) in [5, 5.41) is 2.77. The Morgan fingerprint density at radius 3 is 2.15 bits per heavy atom. The highest BCUT2D eigenvalue weighted by molar-refractivity contribution is 7.89. The maximum absolute atomic E-state index is 12.6. The maximum atomic E-state index is 12.6. The second kappa shape index (κ2) is 11.4. The van der Waals surface area contributed by atoms with Gasteiger partial charge in [-0.15, -0.1) is 0 Å². The third kappa shape index (κ3) is 8.29. The molecule has 8 heteroatoms. The van der Waals surface area contributed by atoms with Crippen molar-refractivity contribution in [3.63, 3.8) is 0 Å². The number of sulfonamides is 1. The molecule has 33 heavy (non-hydrogen) atoms. The molecule has 0 fully saturated rings. The van der Waals surface area contributed by atoms with Gasteiger partial charge in [-0.3, -0.25) is 4.79 Å². The van der Waals surface area contributed by atoms with E-state index in [1.807, 2.05) is 26.0 Å². The number of benzene rings is 2. The van der Waals surface area contributed by atoms with E-state index in [1.165, 1.54) is 0 Å². The zero-order chi connectivity index (χ0) is 24.6. The molecule has 0 radical (unpaired) electrons. The second-order valence-corrected chi connectivity index (χ2v) is 10.9. The first kappa shape index (κ1) is 26.5. The molecular weight excluding hydrogens is 440 g/mol. The van der Waals surface area contributed by atoms with Crippen molar-refractivity contribution in [1.82, 2.24) is 10.0 Å². The summed E-state index contributed by atoms with van der Waals surface area (Å²) >= 11 is 0. The normalized spacial score (nSPS) is 12.8. The van der Waals surface area contributed by atoms with Crippen LogP contribution in [0.15, 0.2) is 53.4 Å². The topological polar surface area (TPSA) is 102 Å². The zero-order valence-corrected chi connectivity index (χ0v) is 20.8. The SMILES string of the molecule is CCCC(C)NC(=O)COC(=O)c1ccc(CNS(=O)(=O)c2ccc(C(C)(C)C)cc2)cc1. The molecule has 2 aromatic rings. The molecule has 0 bridgehead atoms. The third-order valence-electron chi connectivity index (χ3n) is 5.15. The summed E-state index contributed by atoms with van der Waals surface area (Å²) in [4.78, 5) is 24.2. The number of ether oxygens (including phenoxy) is 1. The number of hydrogen-bond acceptors (Lipinski definition) is 5. The lowest BCUT2D eigenvalue weighted by atomic mass is 9.87. The van der Waals surface area contributed by atoms with Gasteiger partial charge in [0.25, 0.3) is 5.91 Å². The van der Waals surface area contributed by atoms with Crippen LogP contribution in [-0.4, -0.2) is 32.9 Å². The Hall–Kier alpha value is -2.71. The van der Waals surface area contributed by atoms with Crippen molar-refractivity contribution in [3.8, 4) is 0 Å². The average molecular weight is 475 g/mol. The van der Waals surface area contributed by atoms with Gasteiger partial charge in [0.2, 0.25) is 10.0 Å². The lowest BCUT2D eigenvalue weighted by Crippen LogP contribution is -2.35. The van der Waals surface area contributed by atoms with E-state index in [9.17, 15) is 18.0 Å². The molecule has 2 aromatic carbocycles. The first-order valence-electron chi connectivity index (χ1n) is 11.1. The summed E-state index contributed by atoms with van der Waals surface area (Å²) in [7, 11) is -3.67. The molecule has 0 aliphatic heterocycles. The molecule has 0 aromatic heterocycles. The fourth-order valence-electron chi connectivity index (χ4n) is 3.19. The van der Waals surface area contributed by atoms with Crippen LogP contribution < -0.4 is 10.0 Å². The fraction of sp³-hybridized carbons (Fsp3) is 0.440. The van der Waals surface area contributed by atoms with Crippen LogP contribution in [0.2, 0.25) is 0 Å². The molecule has 0 saturated carbocycles. The monoisotopic (exact) mass is 474 g/mol. The van der Waals surface area contributed by atoms with Gasteiger partial charge >= 0.3 is 5.97 Å². The van der Waals surface area contributed by atoms with Gasteiger partial charge in [-0.25, -0.2) is 17.9 Å². The predicted molar refractivity (Wildman–Crippen MR) is 128 cm³/mol. The Labute approximate surface area is 197 Å². The van der Waals surface area contributed by atoms with Gasteiger partial charge in [-0.2, -0.15) is 0 Å². The second-order valence-electron chi connectivity index (χ2n) is 9.13. The number of carbonyl (C=O) groups is 2. The van der Waals surface area contributed by atoms with Crippen LogP contribution in [0, 0.1) is 0 Å². The Balaban J connectivity index is 1.89. The number of nitrogens with one attached hydrogen (secondary N) is 2. The van der Waals surface area contributed by atoms with E-state index >= 15 is 0 Å². The molecule has 2 rings (SSSR count). The summed E-state index contributed by atoms with van der Waals surface area (Å²) in [6.07, 6.45) is 1.81. The van der Waals surface area contributed by atoms with Gasteiger partial charge in [0.15, 0.2) is 6.61 Å². The van der Waals surface area contributed by atoms with Gasteiger partial charge in [0.1, 0.15) is 0 Å². The van der Waals surface area contributed by atoms with Crippen molar-refractivity contribution in [3.05, 3.63) is 65.2 Å². The van der Waals surface area contributed by atoms with Crippen LogP contribution in [0.3, 0.4) is 0 Å². The summed E-state index contributed by atoms with van der Waals surface area (Å²) in [6.45, 7) is 9.86. The van der Waals surface area contributed by atoms with Gasteiger partial charge in [0, 0.05) is 12.6 Å². The molecule has 7 nitrogen and oxygen atoms in total. The van der Waals surface area contributed by atoms with Crippen LogP contribution in [-0.2, 0) is 31.5 Å². The molecule has 1 amide bonds. The lowest BCUT2D eigenvalue weighted by molar-refractivity contribution is -0.124. The van der Waals surface area contributed by atoms with Crippen molar-refractivity contribution in [2.75, 3.05) is 6.61 Å². The van der Waals surface area contributed by atoms with Crippen molar-refractivity contribution in [1.29, 1.82) is 0 Å². The third-order valence-corrected chi connectivity index (χ3v) is 6.57.